The number of nitrogens with zero attached hydrogens (tertiary/aromatic N) is 8. The standard InChI is InChI=1S/C17H16N8O/c1-11(2)16-20-17(25(21-16)15-5-3-4-8-18-15)13-9-12(6-7-14(13)26)24-10-19-22-23-24/h3-11,26H,1-2H3. The molecule has 3 aromatic heterocycles. The van der Waals surface area contributed by atoms with Gasteiger partial charge in [0.25, 0.3) is 0 Å². The predicted molar refractivity (Wildman–Crippen MR) is 93.1 cm³/mol. The average Bonchev–Trinajstić information content (AvgIpc) is 3.33. The molecule has 0 spiro atoms. The van der Waals surface area contributed by atoms with E-state index in [-0.39, 0.29) is 11.7 Å². The summed E-state index contributed by atoms with van der Waals surface area (Å²) in [6, 6.07) is 10.6. The molecule has 0 atom stereocenters. The number of hydrogen-bond acceptors (Lipinski definition) is 7. The molecule has 0 radical (unpaired) electrons. The van der Waals surface area contributed by atoms with Gasteiger partial charge in [-0.15, -0.1) is 10.2 Å². The molecular weight excluding hydrogens is 332 g/mol. The van der Waals surface area contributed by atoms with Crippen LogP contribution in [0.2, 0.25) is 0 Å². The van der Waals surface area contributed by atoms with Crippen LogP contribution >= 0.6 is 0 Å². The minimum Gasteiger partial charge on any atom is -0.507 e. The van der Waals surface area contributed by atoms with Gasteiger partial charge in [-0.3, -0.25) is 0 Å². The zero-order valence-corrected chi connectivity index (χ0v) is 14.2. The molecule has 9 heteroatoms. The Hall–Kier alpha value is -3.62. The molecule has 130 valence electrons. The molecule has 0 unspecified atom stereocenters. The minimum atomic E-state index is 0.0849. The molecule has 0 aliphatic carbocycles. The number of tetrazole rings is 1. The van der Waals surface area contributed by atoms with E-state index in [0.29, 0.717) is 28.7 Å². The van der Waals surface area contributed by atoms with Gasteiger partial charge < -0.3 is 5.11 Å². The van der Waals surface area contributed by atoms with Crippen molar-refractivity contribution in [2.24, 2.45) is 0 Å². The van der Waals surface area contributed by atoms with E-state index < -0.39 is 0 Å². The van der Waals surface area contributed by atoms with E-state index in [1.165, 1.54) is 11.0 Å². The first-order valence-electron chi connectivity index (χ1n) is 8.08. The molecule has 0 saturated carbocycles. The molecule has 4 aromatic rings. The quantitative estimate of drug-likeness (QED) is 0.602. The minimum absolute atomic E-state index is 0.0849. The summed E-state index contributed by atoms with van der Waals surface area (Å²) in [5.74, 6) is 2.00. The molecule has 0 amide bonds. The van der Waals surface area contributed by atoms with Crippen molar-refractivity contribution in [3.05, 3.63) is 54.7 Å². The maximum Gasteiger partial charge on any atom is 0.169 e. The third-order valence-corrected chi connectivity index (χ3v) is 3.84. The van der Waals surface area contributed by atoms with Gasteiger partial charge in [0.15, 0.2) is 17.5 Å². The van der Waals surface area contributed by atoms with Crippen LogP contribution in [0.5, 0.6) is 5.75 Å². The molecule has 0 fully saturated rings. The van der Waals surface area contributed by atoms with Gasteiger partial charge in [0.2, 0.25) is 0 Å². The van der Waals surface area contributed by atoms with Crippen molar-refractivity contribution in [1.29, 1.82) is 0 Å². The monoisotopic (exact) mass is 348 g/mol. The van der Waals surface area contributed by atoms with Crippen molar-refractivity contribution < 1.29 is 5.11 Å². The highest BCUT2D eigenvalue weighted by Gasteiger charge is 2.19. The van der Waals surface area contributed by atoms with Crippen LogP contribution in [0.15, 0.2) is 48.9 Å². The normalized spacial score (nSPS) is 11.2. The van der Waals surface area contributed by atoms with E-state index in [4.69, 9.17) is 0 Å². The molecule has 1 N–H and O–H groups in total. The molecule has 9 nitrogen and oxygen atoms in total. The van der Waals surface area contributed by atoms with Gasteiger partial charge in [0.05, 0.1) is 11.3 Å². The lowest BCUT2D eigenvalue weighted by atomic mass is 10.1. The average molecular weight is 348 g/mol. The molecule has 3 heterocycles. The third kappa shape index (κ3) is 2.79. The molecule has 0 aliphatic rings. The van der Waals surface area contributed by atoms with E-state index in [9.17, 15) is 5.11 Å². The highest BCUT2D eigenvalue weighted by atomic mass is 16.3. The number of phenolic OH excluding ortho intramolecular Hbond substituents is 1. The number of pyridine rings is 1. The predicted octanol–water partition coefficient (Wildman–Crippen LogP) is 2.13. The molecule has 4 rings (SSSR count). The van der Waals surface area contributed by atoms with Crippen LogP contribution in [0.1, 0.15) is 25.6 Å². The van der Waals surface area contributed by atoms with Crippen LogP contribution in [0.3, 0.4) is 0 Å². The zero-order chi connectivity index (χ0) is 18.1. The number of aromatic nitrogens is 8. The molecule has 1 aromatic carbocycles. The van der Waals surface area contributed by atoms with E-state index in [0.717, 1.165) is 0 Å². The van der Waals surface area contributed by atoms with Crippen molar-refractivity contribution in [3.63, 3.8) is 0 Å². The van der Waals surface area contributed by atoms with E-state index in [1.807, 2.05) is 32.0 Å². The zero-order valence-electron chi connectivity index (χ0n) is 14.2. The van der Waals surface area contributed by atoms with Crippen molar-refractivity contribution in [3.8, 4) is 28.6 Å². The first kappa shape index (κ1) is 15.9. The summed E-state index contributed by atoms with van der Waals surface area (Å²) < 4.78 is 3.14. The Balaban J connectivity index is 1.91. The number of rotatable bonds is 4. The summed E-state index contributed by atoms with van der Waals surface area (Å²) in [5, 5.41) is 26.2. The fraction of sp³-hybridized carbons (Fsp3) is 0.176. The van der Waals surface area contributed by atoms with Gasteiger partial charge in [-0.1, -0.05) is 19.9 Å². The number of hydrogen-bond donors (Lipinski definition) is 1. The van der Waals surface area contributed by atoms with Crippen LogP contribution in [-0.4, -0.2) is 45.1 Å². The molecule has 0 aliphatic heterocycles. The van der Waals surface area contributed by atoms with E-state index in [1.54, 1.807) is 29.1 Å². The topological polar surface area (TPSA) is 107 Å². The SMILES string of the molecule is CC(C)c1nc(-c2cc(-n3cnnn3)ccc2O)n(-c2ccccn2)n1. The van der Waals surface area contributed by atoms with Crippen LogP contribution in [0.25, 0.3) is 22.9 Å². The summed E-state index contributed by atoms with van der Waals surface area (Å²) in [5.41, 5.74) is 1.22. The summed E-state index contributed by atoms with van der Waals surface area (Å²) in [6.07, 6.45) is 3.17. The summed E-state index contributed by atoms with van der Waals surface area (Å²) in [6.45, 7) is 4.03. The lowest BCUT2D eigenvalue weighted by Crippen LogP contribution is -2.03. The van der Waals surface area contributed by atoms with Crippen LogP contribution in [-0.2, 0) is 0 Å². The van der Waals surface area contributed by atoms with Crippen molar-refractivity contribution >= 4 is 0 Å². The second-order valence-corrected chi connectivity index (χ2v) is 6.00. The van der Waals surface area contributed by atoms with Crippen LogP contribution < -0.4 is 0 Å². The van der Waals surface area contributed by atoms with Gasteiger partial charge in [0.1, 0.15) is 12.1 Å². The molecule has 26 heavy (non-hydrogen) atoms. The number of aromatic hydroxyl groups is 1. The smallest absolute Gasteiger partial charge is 0.169 e. The molecular formula is C17H16N8O. The summed E-state index contributed by atoms with van der Waals surface area (Å²) >= 11 is 0. The lowest BCUT2D eigenvalue weighted by molar-refractivity contribution is 0.476. The fourth-order valence-corrected chi connectivity index (χ4v) is 2.51. The Bertz CT molecular complexity index is 1020. The van der Waals surface area contributed by atoms with Gasteiger partial charge >= 0.3 is 0 Å². The highest BCUT2D eigenvalue weighted by Crippen LogP contribution is 2.31. The summed E-state index contributed by atoms with van der Waals surface area (Å²) in [4.78, 5) is 8.98. The Morgan fingerprint density at radius 1 is 1.12 bits per heavy atom. The lowest BCUT2D eigenvalue weighted by Gasteiger charge is -2.08. The van der Waals surface area contributed by atoms with Gasteiger partial charge in [-0.25, -0.2) is 14.6 Å². The van der Waals surface area contributed by atoms with E-state index in [2.05, 4.69) is 30.6 Å². The van der Waals surface area contributed by atoms with Crippen LogP contribution in [0.4, 0.5) is 0 Å². The fourth-order valence-electron chi connectivity index (χ4n) is 2.51. The van der Waals surface area contributed by atoms with E-state index >= 15 is 0 Å². The maximum atomic E-state index is 10.4. The van der Waals surface area contributed by atoms with Crippen molar-refractivity contribution in [2.75, 3.05) is 0 Å². The van der Waals surface area contributed by atoms with Crippen molar-refractivity contribution in [2.45, 2.75) is 19.8 Å². The second kappa shape index (κ2) is 6.36. The van der Waals surface area contributed by atoms with Gasteiger partial charge in [0, 0.05) is 12.1 Å². The highest BCUT2D eigenvalue weighted by molar-refractivity contribution is 5.68. The van der Waals surface area contributed by atoms with Crippen molar-refractivity contribution in [1.82, 2.24) is 40.0 Å². The molecule has 0 saturated heterocycles. The van der Waals surface area contributed by atoms with Gasteiger partial charge in [-0.2, -0.15) is 4.68 Å². The first-order valence-corrected chi connectivity index (χ1v) is 8.08. The Morgan fingerprint density at radius 3 is 2.69 bits per heavy atom. The van der Waals surface area contributed by atoms with Gasteiger partial charge in [-0.05, 0) is 40.8 Å². The Labute approximate surface area is 149 Å². The molecule has 0 bridgehead atoms. The first-order chi connectivity index (χ1) is 12.6. The Kier molecular flexibility index (Phi) is 3.88. The number of phenols is 1. The largest absolute Gasteiger partial charge is 0.507 e. The Morgan fingerprint density at radius 2 is 2.00 bits per heavy atom. The van der Waals surface area contributed by atoms with Crippen LogP contribution in [0, 0.1) is 0 Å². The maximum absolute atomic E-state index is 10.4. The second-order valence-electron chi connectivity index (χ2n) is 6.00. The third-order valence-electron chi connectivity index (χ3n) is 3.84. The summed E-state index contributed by atoms with van der Waals surface area (Å²) in [7, 11) is 0. The number of benzene rings is 1.